The van der Waals surface area contributed by atoms with E-state index in [9.17, 15) is 0 Å². The zero-order valence-electron chi connectivity index (χ0n) is 7.57. The molecule has 66 valence electrons. The molecule has 0 aliphatic heterocycles. The Kier molecular flexibility index (Phi) is 3.44. The fourth-order valence-corrected chi connectivity index (χ4v) is 1.67. The fraction of sp³-hybridized carbons (Fsp3) is 0.333. The lowest BCUT2D eigenvalue weighted by atomic mass is 10.3. The molecule has 12 heavy (non-hydrogen) atoms. The first-order chi connectivity index (χ1) is 5.74. The predicted octanol–water partition coefficient (Wildman–Crippen LogP) is 2.26. The number of para-hydroxylation sites is 1. The van der Waals surface area contributed by atoms with E-state index in [-0.39, 0.29) is 0 Å². The molecule has 0 saturated carbocycles. The third kappa shape index (κ3) is 2.43. The zero-order valence-corrected chi connectivity index (χ0v) is 8.39. The first-order valence-corrected chi connectivity index (χ1v) is 4.49. The summed E-state index contributed by atoms with van der Waals surface area (Å²) in [5, 5.41) is 0. The fourth-order valence-electron chi connectivity index (χ4n) is 0.891. The molecule has 0 atom stereocenters. The molecule has 1 aromatic carbocycles. The summed E-state index contributed by atoms with van der Waals surface area (Å²) in [5.74, 6) is 0.927. The van der Waals surface area contributed by atoms with Crippen LogP contribution in [0, 0.1) is 0 Å². The Balaban J connectivity index is 2.82. The van der Waals surface area contributed by atoms with Crippen LogP contribution >= 0.6 is 11.9 Å². The van der Waals surface area contributed by atoms with Gasteiger partial charge in [-0.15, -0.1) is 0 Å². The minimum absolute atomic E-state index is 0.927. The molecule has 0 amide bonds. The van der Waals surface area contributed by atoms with Gasteiger partial charge in [0.2, 0.25) is 0 Å². The monoisotopic (exact) mass is 183 g/mol. The van der Waals surface area contributed by atoms with Gasteiger partial charge in [-0.1, -0.05) is 12.1 Å². The summed E-state index contributed by atoms with van der Waals surface area (Å²) < 4.78 is 7.24. The average Bonchev–Trinajstić information content (AvgIpc) is 2.04. The molecule has 0 aliphatic rings. The standard InChI is InChI=1S/C9H13NOS/c1-10(2)12-9-7-5-4-6-8(9)11-3/h4-7H,1-3H3. The third-order valence-electron chi connectivity index (χ3n) is 1.35. The number of hydrogen-bond acceptors (Lipinski definition) is 3. The van der Waals surface area contributed by atoms with E-state index in [1.165, 1.54) is 0 Å². The third-order valence-corrected chi connectivity index (χ3v) is 2.25. The molecule has 0 fully saturated rings. The Morgan fingerprint density at radius 1 is 1.25 bits per heavy atom. The molecule has 3 heteroatoms. The van der Waals surface area contributed by atoms with E-state index in [4.69, 9.17) is 4.74 Å². The molecule has 1 aromatic rings. The van der Waals surface area contributed by atoms with Crippen LogP contribution < -0.4 is 4.74 Å². The van der Waals surface area contributed by atoms with Crippen LogP contribution in [0.3, 0.4) is 0 Å². The number of benzene rings is 1. The van der Waals surface area contributed by atoms with Crippen molar-refractivity contribution in [1.29, 1.82) is 0 Å². The first kappa shape index (κ1) is 9.42. The predicted molar refractivity (Wildman–Crippen MR) is 52.5 cm³/mol. The van der Waals surface area contributed by atoms with Crippen molar-refractivity contribution < 1.29 is 4.74 Å². The molecule has 0 unspecified atom stereocenters. The number of methoxy groups -OCH3 is 1. The normalized spacial score (nSPS) is 10.3. The summed E-state index contributed by atoms with van der Waals surface area (Å²) >= 11 is 1.66. The number of ether oxygens (including phenoxy) is 1. The zero-order chi connectivity index (χ0) is 8.97. The highest BCUT2D eigenvalue weighted by Crippen LogP contribution is 2.29. The van der Waals surface area contributed by atoms with E-state index in [0.717, 1.165) is 10.6 Å². The molecule has 0 saturated heterocycles. The molecule has 1 rings (SSSR count). The Morgan fingerprint density at radius 2 is 1.92 bits per heavy atom. The van der Waals surface area contributed by atoms with Crippen LogP contribution in [0.4, 0.5) is 0 Å². The van der Waals surface area contributed by atoms with Crippen molar-refractivity contribution in [1.82, 2.24) is 4.31 Å². The van der Waals surface area contributed by atoms with E-state index in [2.05, 4.69) is 0 Å². The van der Waals surface area contributed by atoms with Crippen LogP contribution in [0.2, 0.25) is 0 Å². The van der Waals surface area contributed by atoms with Crippen molar-refractivity contribution in [2.24, 2.45) is 0 Å². The van der Waals surface area contributed by atoms with Crippen LogP contribution in [0.5, 0.6) is 5.75 Å². The molecule has 2 nitrogen and oxygen atoms in total. The quantitative estimate of drug-likeness (QED) is 0.667. The highest BCUT2D eigenvalue weighted by molar-refractivity contribution is 7.97. The van der Waals surface area contributed by atoms with Crippen molar-refractivity contribution in [3.05, 3.63) is 24.3 Å². The van der Waals surface area contributed by atoms with Gasteiger partial charge < -0.3 is 4.74 Å². The topological polar surface area (TPSA) is 12.5 Å². The van der Waals surface area contributed by atoms with Gasteiger partial charge in [0.05, 0.1) is 12.0 Å². The van der Waals surface area contributed by atoms with Crippen molar-refractivity contribution in [3.8, 4) is 5.75 Å². The molecule has 0 bridgehead atoms. The van der Waals surface area contributed by atoms with Gasteiger partial charge in [0.15, 0.2) is 0 Å². The van der Waals surface area contributed by atoms with Crippen LogP contribution in [-0.2, 0) is 0 Å². The minimum Gasteiger partial charge on any atom is -0.496 e. The number of rotatable bonds is 3. The summed E-state index contributed by atoms with van der Waals surface area (Å²) in [4.78, 5) is 1.14. The summed E-state index contributed by atoms with van der Waals surface area (Å²) in [6.07, 6.45) is 0. The maximum Gasteiger partial charge on any atom is 0.133 e. The van der Waals surface area contributed by atoms with E-state index in [1.807, 2.05) is 42.7 Å². The molecular weight excluding hydrogens is 170 g/mol. The second kappa shape index (κ2) is 4.38. The Hall–Kier alpha value is -0.670. The van der Waals surface area contributed by atoms with Gasteiger partial charge in [-0.2, -0.15) is 0 Å². The number of hydrogen-bond donors (Lipinski definition) is 0. The molecule has 0 spiro atoms. The highest BCUT2D eigenvalue weighted by Gasteiger charge is 2.02. The summed E-state index contributed by atoms with van der Waals surface area (Å²) in [5.41, 5.74) is 0. The molecular formula is C9H13NOS. The van der Waals surface area contributed by atoms with Gasteiger partial charge in [-0.3, -0.25) is 4.31 Å². The highest BCUT2D eigenvalue weighted by atomic mass is 32.2. The molecule has 0 heterocycles. The Morgan fingerprint density at radius 3 is 2.50 bits per heavy atom. The lowest BCUT2D eigenvalue weighted by Gasteiger charge is -2.11. The van der Waals surface area contributed by atoms with Gasteiger partial charge in [0.25, 0.3) is 0 Å². The van der Waals surface area contributed by atoms with Gasteiger partial charge in [0, 0.05) is 0 Å². The smallest absolute Gasteiger partial charge is 0.133 e. The van der Waals surface area contributed by atoms with Gasteiger partial charge >= 0.3 is 0 Å². The molecule has 0 aliphatic carbocycles. The summed E-state index contributed by atoms with van der Waals surface area (Å²) in [6.45, 7) is 0. The van der Waals surface area contributed by atoms with Gasteiger partial charge in [-0.05, 0) is 38.2 Å². The van der Waals surface area contributed by atoms with Crippen LogP contribution in [0.1, 0.15) is 0 Å². The molecule has 0 radical (unpaired) electrons. The lowest BCUT2D eigenvalue weighted by Crippen LogP contribution is -1.99. The maximum absolute atomic E-state index is 5.20. The molecule has 0 aromatic heterocycles. The number of nitrogens with zero attached hydrogens (tertiary/aromatic N) is 1. The second-order valence-corrected chi connectivity index (χ2v) is 3.91. The van der Waals surface area contributed by atoms with Crippen molar-refractivity contribution in [2.75, 3.05) is 21.2 Å². The summed E-state index contributed by atoms with van der Waals surface area (Å²) in [7, 11) is 5.71. The SMILES string of the molecule is COc1ccccc1SN(C)C. The largest absolute Gasteiger partial charge is 0.496 e. The van der Waals surface area contributed by atoms with Crippen molar-refractivity contribution >= 4 is 11.9 Å². The van der Waals surface area contributed by atoms with Crippen molar-refractivity contribution in [2.45, 2.75) is 4.90 Å². The first-order valence-electron chi connectivity index (χ1n) is 3.72. The average molecular weight is 183 g/mol. The second-order valence-electron chi connectivity index (χ2n) is 2.55. The van der Waals surface area contributed by atoms with E-state index < -0.39 is 0 Å². The van der Waals surface area contributed by atoms with E-state index >= 15 is 0 Å². The van der Waals surface area contributed by atoms with Gasteiger partial charge in [-0.25, -0.2) is 0 Å². The van der Waals surface area contributed by atoms with E-state index in [1.54, 1.807) is 19.1 Å². The van der Waals surface area contributed by atoms with Crippen LogP contribution in [0.25, 0.3) is 0 Å². The van der Waals surface area contributed by atoms with Crippen LogP contribution in [0.15, 0.2) is 29.2 Å². The van der Waals surface area contributed by atoms with E-state index in [0.29, 0.717) is 0 Å². The maximum atomic E-state index is 5.20. The minimum atomic E-state index is 0.927. The van der Waals surface area contributed by atoms with Crippen LogP contribution in [-0.4, -0.2) is 25.5 Å². The summed E-state index contributed by atoms with van der Waals surface area (Å²) in [6, 6.07) is 7.99. The van der Waals surface area contributed by atoms with Crippen molar-refractivity contribution in [3.63, 3.8) is 0 Å². The molecule has 0 N–H and O–H groups in total. The Labute approximate surface area is 77.7 Å². The van der Waals surface area contributed by atoms with Gasteiger partial charge in [0.1, 0.15) is 5.75 Å². The lowest BCUT2D eigenvalue weighted by molar-refractivity contribution is 0.404. The Bertz CT molecular complexity index is 250.